The number of hydrogen-bond acceptors (Lipinski definition) is 7. The van der Waals surface area contributed by atoms with E-state index in [4.69, 9.17) is 10.5 Å². The third kappa shape index (κ3) is 4.68. The molecule has 0 radical (unpaired) electrons. The molecule has 34 heavy (non-hydrogen) atoms. The molecule has 4 aromatic rings. The quantitative estimate of drug-likeness (QED) is 0.420. The first-order chi connectivity index (χ1) is 16.6. The monoisotopic (exact) mass is 458 g/mol. The van der Waals surface area contributed by atoms with Crippen molar-refractivity contribution < 1.29 is 9.53 Å². The topological polar surface area (TPSA) is 123 Å². The first-order valence-electron chi connectivity index (χ1n) is 11.1. The van der Waals surface area contributed by atoms with E-state index in [2.05, 4.69) is 36.7 Å². The molecule has 1 saturated heterocycles. The van der Waals surface area contributed by atoms with Gasteiger partial charge >= 0.3 is 6.03 Å². The minimum absolute atomic E-state index is 0.358. The highest BCUT2D eigenvalue weighted by Crippen LogP contribution is 2.31. The Balaban J connectivity index is 1.36. The lowest BCUT2D eigenvalue weighted by Crippen LogP contribution is -2.36. The maximum Gasteiger partial charge on any atom is 0.324 e. The number of anilines is 3. The molecule has 5 rings (SSSR count). The molecule has 10 heteroatoms. The molecule has 1 aromatic carbocycles. The fourth-order valence-corrected chi connectivity index (χ4v) is 4.01. The number of nitrogens with one attached hydrogen (secondary N) is 2. The van der Waals surface area contributed by atoms with Crippen molar-refractivity contribution in [2.75, 3.05) is 42.7 Å². The van der Waals surface area contributed by atoms with E-state index in [0.717, 1.165) is 60.7 Å². The van der Waals surface area contributed by atoms with Crippen LogP contribution in [0.3, 0.4) is 0 Å². The van der Waals surface area contributed by atoms with E-state index in [1.165, 1.54) is 6.33 Å². The minimum Gasteiger partial charge on any atom is -0.382 e. The summed E-state index contributed by atoms with van der Waals surface area (Å²) in [6.07, 6.45) is 3.18. The van der Waals surface area contributed by atoms with Crippen molar-refractivity contribution in [1.29, 1.82) is 0 Å². The van der Waals surface area contributed by atoms with Crippen molar-refractivity contribution >= 4 is 28.9 Å². The van der Waals surface area contributed by atoms with Crippen LogP contribution in [0.5, 0.6) is 0 Å². The minimum atomic E-state index is -0.358. The summed E-state index contributed by atoms with van der Waals surface area (Å²) in [6.45, 7) is 5.91. The number of aromatic nitrogens is 4. The summed E-state index contributed by atoms with van der Waals surface area (Å²) in [5.41, 5.74) is 11.6. The van der Waals surface area contributed by atoms with Gasteiger partial charge < -0.3 is 15.8 Å². The molecule has 3 aromatic heterocycles. The highest BCUT2D eigenvalue weighted by Gasteiger charge is 2.18. The van der Waals surface area contributed by atoms with E-state index in [-0.39, 0.29) is 6.03 Å². The van der Waals surface area contributed by atoms with E-state index in [9.17, 15) is 4.79 Å². The van der Waals surface area contributed by atoms with Crippen LogP contribution in [0.4, 0.5) is 22.1 Å². The zero-order valence-electron chi connectivity index (χ0n) is 18.9. The van der Waals surface area contributed by atoms with Gasteiger partial charge in [-0.1, -0.05) is 18.2 Å². The number of carbonyl (C=O) groups excluding carboxylic acids is 1. The van der Waals surface area contributed by atoms with Gasteiger partial charge in [-0.25, -0.2) is 19.3 Å². The molecule has 1 fully saturated rings. The summed E-state index contributed by atoms with van der Waals surface area (Å²) in [6, 6.07) is 13.0. The summed E-state index contributed by atoms with van der Waals surface area (Å²) in [4.78, 5) is 23.0. The molecule has 0 atom stereocenters. The lowest BCUT2D eigenvalue weighted by Gasteiger charge is -2.26. The molecule has 2 amide bonds. The Kier molecular flexibility index (Phi) is 6.07. The third-order valence-electron chi connectivity index (χ3n) is 5.75. The Labute approximate surface area is 196 Å². The van der Waals surface area contributed by atoms with Gasteiger partial charge in [-0.15, -0.1) is 0 Å². The number of rotatable bonds is 5. The van der Waals surface area contributed by atoms with Gasteiger partial charge in [0.2, 0.25) is 0 Å². The van der Waals surface area contributed by atoms with Crippen LogP contribution in [0.25, 0.3) is 16.6 Å². The van der Waals surface area contributed by atoms with E-state index >= 15 is 0 Å². The van der Waals surface area contributed by atoms with Gasteiger partial charge in [-0.3, -0.25) is 10.2 Å². The van der Waals surface area contributed by atoms with Gasteiger partial charge in [-0.2, -0.15) is 5.10 Å². The number of nitrogens with zero attached hydrogens (tertiary/aromatic N) is 5. The fraction of sp³-hybridized carbons (Fsp3) is 0.250. The Morgan fingerprint density at radius 1 is 1.09 bits per heavy atom. The van der Waals surface area contributed by atoms with Crippen molar-refractivity contribution in [3.05, 3.63) is 66.2 Å². The Morgan fingerprint density at radius 2 is 1.88 bits per heavy atom. The number of morpholine rings is 1. The lowest BCUT2D eigenvalue weighted by atomic mass is 10.1. The molecular weight excluding hydrogens is 432 g/mol. The maximum absolute atomic E-state index is 12.3. The standard InChI is InChI=1S/C24H26N8O2/c1-16-2-7-21(26-13-16)30-24(33)29-18-5-3-17(4-6-18)20-12-19(14-31-8-10-34-11-9-31)32-22(20)23(25)27-15-28-32/h2-7,12-13,15H,8-11,14H2,1H3,(H2,25,27,28)(H2,26,29,30,33). The summed E-state index contributed by atoms with van der Waals surface area (Å²) in [5.74, 6) is 0.911. The van der Waals surface area contributed by atoms with Gasteiger partial charge in [0.05, 0.1) is 18.9 Å². The third-order valence-corrected chi connectivity index (χ3v) is 5.75. The van der Waals surface area contributed by atoms with Crippen molar-refractivity contribution in [3.63, 3.8) is 0 Å². The Morgan fingerprint density at radius 3 is 2.62 bits per heavy atom. The second kappa shape index (κ2) is 9.46. The predicted molar refractivity (Wildman–Crippen MR) is 131 cm³/mol. The number of fused-ring (bicyclic) bond motifs is 1. The van der Waals surface area contributed by atoms with Crippen LogP contribution < -0.4 is 16.4 Å². The molecule has 1 aliphatic rings. The van der Waals surface area contributed by atoms with Crippen LogP contribution in [0.1, 0.15) is 11.3 Å². The van der Waals surface area contributed by atoms with Crippen LogP contribution >= 0.6 is 0 Å². The largest absolute Gasteiger partial charge is 0.382 e. The van der Waals surface area contributed by atoms with E-state index in [1.807, 2.05) is 41.8 Å². The number of ether oxygens (including phenoxy) is 1. The number of urea groups is 1. The van der Waals surface area contributed by atoms with Crippen LogP contribution in [0.15, 0.2) is 55.0 Å². The molecule has 4 heterocycles. The van der Waals surface area contributed by atoms with Crippen LogP contribution in [0.2, 0.25) is 0 Å². The van der Waals surface area contributed by atoms with Crippen LogP contribution in [0, 0.1) is 6.92 Å². The number of nitrogens with two attached hydrogens (primary N) is 1. The highest BCUT2D eigenvalue weighted by atomic mass is 16.5. The van der Waals surface area contributed by atoms with Gasteiger partial charge in [-0.05, 0) is 42.3 Å². The summed E-state index contributed by atoms with van der Waals surface area (Å²) in [7, 11) is 0. The number of hydrogen-bond donors (Lipinski definition) is 3. The molecular formula is C24H26N8O2. The normalized spacial score (nSPS) is 14.3. The second-order valence-corrected chi connectivity index (χ2v) is 8.22. The smallest absolute Gasteiger partial charge is 0.324 e. The van der Waals surface area contributed by atoms with Crippen LogP contribution in [-0.4, -0.2) is 56.8 Å². The van der Waals surface area contributed by atoms with Gasteiger partial charge in [0.15, 0.2) is 5.82 Å². The first-order valence-corrected chi connectivity index (χ1v) is 11.1. The number of pyridine rings is 1. The van der Waals surface area contributed by atoms with Crippen molar-refractivity contribution in [2.45, 2.75) is 13.5 Å². The molecule has 0 spiro atoms. The fourth-order valence-electron chi connectivity index (χ4n) is 4.01. The summed E-state index contributed by atoms with van der Waals surface area (Å²) >= 11 is 0. The average Bonchev–Trinajstić information content (AvgIpc) is 3.21. The van der Waals surface area contributed by atoms with Crippen molar-refractivity contribution in [1.82, 2.24) is 24.5 Å². The number of benzene rings is 1. The van der Waals surface area contributed by atoms with Crippen LogP contribution in [-0.2, 0) is 11.3 Å². The predicted octanol–water partition coefficient (Wildman–Crippen LogP) is 3.16. The number of nitrogen functional groups attached to an aromatic ring is 1. The maximum atomic E-state index is 12.3. The van der Waals surface area contributed by atoms with E-state index in [0.29, 0.717) is 17.3 Å². The Hall–Kier alpha value is -4.02. The van der Waals surface area contributed by atoms with Crippen molar-refractivity contribution in [3.8, 4) is 11.1 Å². The van der Waals surface area contributed by atoms with Gasteiger partial charge in [0, 0.05) is 37.1 Å². The highest BCUT2D eigenvalue weighted by molar-refractivity contribution is 5.99. The number of carbonyl (C=O) groups is 1. The zero-order valence-corrected chi connectivity index (χ0v) is 18.9. The lowest BCUT2D eigenvalue weighted by molar-refractivity contribution is 0.0334. The average molecular weight is 459 g/mol. The molecule has 1 aliphatic heterocycles. The molecule has 0 bridgehead atoms. The molecule has 10 nitrogen and oxygen atoms in total. The molecule has 4 N–H and O–H groups in total. The van der Waals surface area contributed by atoms with Crippen molar-refractivity contribution in [2.24, 2.45) is 0 Å². The first kappa shape index (κ1) is 21.8. The van der Waals surface area contributed by atoms with E-state index in [1.54, 1.807) is 12.3 Å². The number of amides is 2. The molecule has 174 valence electrons. The molecule has 0 unspecified atom stereocenters. The van der Waals surface area contributed by atoms with Gasteiger partial charge in [0.25, 0.3) is 0 Å². The SMILES string of the molecule is Cc1ccc(NC(=O)Nc2ccc(-c3cc(CN4CCOCC4)n4ncnc(N)c34)cc2)nc1. The summed E-state index contributed by atoms with van der Waals surface area (Å²) < 4.78 is 7.33. The zero-order chi connectivity index (χ0) is 23.5. The second-order valence-electron chi connectivity index (χ2n) is 8.22. The van der Waals surface area contributed by atoms with Gasteiger partial charge in [0.1, 0.15) is 17.7 Å². The summed E-state index contributed by atoms with van der Waals surface area (Å²) in [5, 5.41) is 10.0. The molecule has 0 saturated carbocycles. The van der Waals surface area contributed by atoms with E-state index < -0.39 is 0 Å². The molecule has 0 aliphatic carbocycles. The number of aryl methyl sites for hydroxylation is 1. The Bertz CT molecular complexity index is 1300.